The van der Waals surface area contributed by atoms with Gasteiger partial charge < -0.3 is 14.0 Å². The summed E-state index contributed by atoms with van der Waals surface area (Å²) in [5, 5.41) is 3.91. The van der Waals surface area contributed by atoms with Gasteiger partial charge in [0.05, 0.1) is 0 Å². The molecular formula is C15H15F3N2O3. The molecule has 0 aliphatic carbocycles. The van der Waals surface area contributed by atoms with Gasteiger partial charge in [-0.15, -0.1) is 13.2 Å². The van der Waals surface area contributed by atoms with E-state index in [0.29, 0.717) is 24.7 Å². The standard InChI is InChI=1S/C15H15F3N2O3/c1-14(7-2-8-21-14)13-19-12(20-23-13)9-10-3-5-11(6-4-10)22-15(16,17)18/h3-6H,2,7-9H2,1H3/t14-/m1/s1. The van der Waals surface area contributed by atoms with Crippen molar-refractivity contribution in [1.29, 1.82) is 0 Å². The first-order chi connectivity index (χ1) is 10.8. The van der Waals surface area contributed by atoms with E-state index in [-0.39, 0.29) is 5.75 Å². The molecule has 8 heteroatoms. The Hall–Kier alpha value is -2.09. The highest BCUT2D eigenvalue weighted by atomic mass is 19.4. The fraction of sp³-hybridized carbons (Fsp3) is 0.467. The summed E-state index contributed by atoms with van der Waals surface area (Å²) in [6.07, 6.45) is -2.58. The zero-order valence-corrected chi connectivity index (χ0v) is 12.4. The van der Waals surface area contributed by atoms with Gasteiger partial charge in [-0.1, -0.05) is 17.3 Å². The second kappa shape index (κ2) is 5.84. The Labute approximate surface area is 130 Å². The molecule has 1 aliphatic rings. The molecule has 5 nitrogen and oxygen atoms in total. The molecule has 124 valence electrons. The van der Waals surface area contributed by atoms with Gasteiger partial charge in [0, 0.05) is 13.0 Å². The summed E-state index contributed by atoms with van der Waals surface area (Å²) in [6.45, 7) is 2.56. The fourth-order valence-corrected chi connectivity index (χ4v) is 2.48. The molecular weight excluding hydrogens is 313 g/mol. The summed E-state index contributed by atoms with van der Waals surface area (Å²) in [5.74, 6) is 0.630. The minimum atomic E-state index is -4.69. The van der Waals surface area contributed by atoms with Gasteiger partial charge >= 0.3 is 6.36 Å². The van der Waals surface area contributed by atoms with Crippen molar-refractivity contribution in [2.45, 2.75) is 38.1 Å². The molecule has 0 saturated carbocycles. The van der Waals surface area contributed by atoms with Crippen molar-refractivity contribution in [2.24, 2.45) is 0 Å². The molecule has 3 rings (SSSR count). The maximum atomic E-state index is 12.1. The normalized spacial score (nSPS) is 21.6. The molecule has 2 heterocycles. The third kappa shape index (κ3) is 3.82. The molecule has 1 fully saturated rings. The predicted octanol–water partition coefficient (Wildman–Crippen LogP) is 3.58. The lowest BCUT2D eigenvalue weighted by atomic mass is 10.0. The highest BCUT2D eigenvalue weighted by Gasteiger charge is 2.37. The third-order valence-corrected chi connectivity index (χ3v) is 3.66. The van der Waals surface area contributed by atoms with E-state index in [4.69, 9.17) is 9.26 Å². The van der Waals surface area contributed by atoms with Crippen LogP contribution in [0, 0.1) is 0 Å². The number of hydrogen-bond acceptors (Lipinski definition) is 5. The number of alkyl halides is 3. The van der Waals surface area contributed by atoms with Crippen LogP contribution >= 0.6 is 0 Å². The van der Waals surface area contributed by atoms with Crippen LogP contribution in [0.5, 0.6) is 5.75 Å². The molecule has 23 heavy (non-hydrogen) atoms. The van der Waals surface area contributed by atoms with E-state index in [1.54, 1.807) is 0 Å². The maximum Gasteiger partial charge on any atom is 0.573 e. The number of rotatable bonds is 4. The molecule has 0 bridgehead atoms. The second-order valence-electron chi connectivity index (χ2n) is 5.57. The lowest BCUT2D eigenvalue weighted by Gasteiger charge is -2.16. The van der Waals surface area contributed by atoms with Gasteiger partial charge in [0.1, 0.15) is 11.4 Å². The molecule has 0 radical (unpaired) electrons. The summed E-state index contributed by atoms with van der Waals surface area (Å²) in [7, 11) is 0. The molecule has 1 atom stereocenters. The van der Waals surface area contributed by atoms with Gasteiger partial charge in [-0.25, -0.2) is 0 Å². The van der Waals surface area contributed by atoms with Gasteiger partial charge in [-0.2, -0.15) is 4.98 Å². The van der Waals surface area contributed by atoms with E-state index in [1.807, 2.05) is 6.92 Å². The predicted molar refractivity (Wildman–Crippen MR) is 72.8 cm³/mol. The molecule has 0 unspecified atom stereocenters. The lowest BCUT2D eigenvalue weighted by Crippen LogP contribution is -2.20. The quantitative estimate of drug-likeness (QED) is 0.858. The molecule has 0 spiro atoms. The van der Waals surface area contributed by atoms with Gasteiger partial charge in [-0.3, -0.25) is 0 Å². The van der Waals surface area contributed by atoms with E-state index in [2.05, 4.69) is 14.9 Å². The summed E-state index contributed by atoms with van der Waals surface area (Å²) in [5.41, 5.74) is 0.208. The zero-order chi connectivity index (χ0) is 16.5. The van der Waals surface area contributed by atoms with Crippen molar-refractivity contribution < 1.29 is 27.2 Å². The Morgan fingerprint density at radius 1 is 1.26 bits per heavy atom. The Bertz CT molecular complexity index is 661. The van der Waals surface area contributed by atoms with Crippen LogP contribution in [0.1, 0.15) is 37.0 Å². The van der Waals surface area contributed by atoms with E-state index in [1.165, 1.54) is 24.3 Å². The van der Waals surface area contributed by atoms with Crippen LogP contribution < -0.4 is 4.74 Å². The number of hydrogen-bond donors (Lipinski definition) is 0. The highest BCUT2D eigenvalue weighted by Crippen LogP contribution is 2.34. The number of nitrogens with zero attached hydrogens (tertiary/aromatic N) is 2. The summed E-state index contributed by atoms with van der Waals surface area (Å²) < 4.78 is 51.0. The molecule has 0 amide bonds. The molecule has 2 aromatic rings. The van der Waals surface area contributed by atoms with Crippen molar-refractivity contribution in [3.05, 3.63) is 41.5 Å². The van der Waals surface area contributed by atoms with E-state index >= 15 is 0 Å². The maximum absolute atomic E-state index is 12.1. The topological polar surface area (TPSA) is 57.4 Å². The summed E-state index contributed by atoms with van der Waals surface area (Å²) in [4.78, 5) is 4.33. The first-order valence-corrected chi connectivity index (χ1v) is 7.16. The number of ether oxygens (including phenoxy) is 2. The number of aromatic nitrogens is 2. The van der Waals surface area contributed by atoms with E-state index in [9.17, 15) is 13.2 Å². The number of halogens is 3. The summed E-state index contributed by atoms with van der Waals surface area (Å²) in [6, 6.07) is 5.58. The molecule has 1 aromatic carbocycles. The van der Waals surface area contributed by atoms with Crippen molar-refractivity contribution in [3.8, 4) is 5.75 Å². The van der Waals surface area contributed by atoms with Crippen molar-refractivity contribution in [2.75, 3.05) is 6.61 Å². The van der Waals surface area contributed by atoms with Crippen LogP contribution in [-0.4, -0.2) is 23.1 Å². The van der Waals surface area contributed by atoms with Crippen molar-refractivity contribution >= 4 is 0 Å². The Kier molecular flexibility index (Phi) is 4.01. The highest BCUT2D eigenvalue weighted by molar-refractivity contribution is 5.29. The largest absolute Gasteiger partial charge is 0.573 e. The first kappa shape index (κ1) is 15.8. The van der Waals surface area contributed by atoms with Crippen molar-refractivity contribution in [1.82, 2.24) is 10.1 Å². The minimum Gasteiger partial charge on any atom is -0.406 e. The zero-order valence-electron chi connectivity index (χ0n) is 12.4. The molecule has 1 saturated heterocycles. The van der Waals surface area contributed by atoms with Crippen LogP contribution in [0.15, 0.2) is 28.8 Å². The average Bonchev–Trinajstić information content (AvgIpc) is 3.10. The van der Waals surface area contributed by atoms with Crippen LogP contribution in [-0.2, 0) is 16.8 Å². The van der Waals surface area contributed by atoms with Crippen LogP contribution in [0.25, 0.3) is 0 Å². The Morgan fingerprint density at radius 2 is 2.00 bits per heavy atom. The van der Waals surface area contributed by atoms with E-state index in [0.717, 1.165) is 18.4 Å². The Balaban J connectivity index is 1.67. The average molecular weight is 328 g/mol. The SMILES string of the molecule is C[C@]1(c2nc(Cc3ccc(OC(F)(F)F)cc3)no2)CCCO1. The monoisotopic (exact) mass is 328 g/mol. The molecule has 0 N–H and O–H groups in total. The van der Waals surface area contributed by atoms with Crippen LogP contribution in [0.3, 0.4) is 0 Å². The lowest BCUT2D eigenvalue weighted by molar-refractivity contribution is -0.274. The van der Waals surface area contributed by atoms with Gasteiger partial charge in [0.2, 0.25) is 0 Å². The minimum absolute atomic E-state index is 0.262. The fourth-order valence-electron chi connectivity index (χ4n) is 2.48. The van der Waals surface area contributed by atoms with Crippen LogP contribution in [0.2, 0.25) is 0 Å². The van der Waals surface area contributed by atoms with E-state index < -0.39 is 12.0 Å². The van der Waals surface area contributed by atoms with Crippen LogP contribution in [0.4, 0.5) is 13.2 Å². The molecule has 1 aromatic heterocycles. The second-order valence-corrected chi connectivity index (χ2v) is 5.57. The smallest absolute Gasteiger partial charge is 0.406 e. The number of benzene rings is 1. The first-order valence-electron chi connectivity index (χ1n) is 7.16. The van der Waals surface area contributed by atoms with Gasteiger partial charge in [0.15, 0.2) is 5.82 Å². The van der Waals surface area contributed by atoms with Gasteiger partial charge in [0.25, 0.3) is 5.89 Å². The third-order valence-electron chi connectivity index (χ3n) is 3.66. The summed E-state index contributed by atoms with van der Waals surface area (Å²) >= 11 is 0. The van der Waals surface area contributed by atoms with Gasteiger partial charge in [-0.05, 0) is 37.5 Å². The van der Waals surface area contributed by atoms with Crippen molar-refractivity contribution in [3.63, 3.8) is 0 Å². The molecule has 1 aliphatic heterocycles. The Morgan fingerprint density at radius 3 is 2.61 bits per heavy atom.